The van der Waals surface area contributed by atoms with Crippen LogP contribution in [0.3, 0.4) is 0 Å². The summed E-state index contributed by atoms with van der Waals surface area (Å²) in [6.07, 6.45) is -7.64. The van der Waals surface area contributed by atoms with Crippen molar-refractivity contribution < 1.29 is 66.3 Å². The van der Waals surface area contributed by atoms with Gasteiger partial charge in [-0.3, -0.25) is 24.0 Å². The number of carbonyl (C=O) groups is 5. The fourth-order valence-electron chi connectivity index (χ4n) is 4.04. The number of rotatable bonds is 9. The minimum atomic E-state index is -1.72. The molecule has 1 aliphatic heterocycles. The van der Waals surface area contributed by atoms with Crippen LogP contribution in [-0.2, 0) is 47.7 Å². The lowest BCUT2D eigenvalue weighted by Crippen LogP contribution is -2.63. The van der Waals surface area contributed by atoms with E-state index in [4.69, 9.17) is 42.3 Å². The maximum absolute atomic E-state index is 12.1. The molecule has 0 radical (unpaired) electrons. The van der Waals surface area contributed by atoms with Crippen LogP contribution in [-0.4, -0.2) is 74.3 Å². The molecule has 2 heterocycles. The second kappa shape index (κ2) is 13.1. The molecule has 1 fully saturated rings. The lowest BCUT2D eigenvalue weighted by Gasteiger charge is -2.43. The number of ether oxygens (including phenoxy) is 8. The normalized spacial score (nSPS) is 21.8. The fraction of sp³-hybridized carbons (Fsp3) is 0.462. The topological polar surface area (TPSA) is 189 Å². The van der Waals surface area contributed by atoms with E-state index in [0.717, 1.165) is 40.7 Å². The van der Waals surface area contributed by atoms with Gasteiger partial charge in [0.25, 0.3) is 0 Å². The van der Waals surface area contributed by atoms with E-state index in [2.05, 4.69) is 0 Å². The molecule has 0 N–H and O–H groups in total. The number of esters is 5. The van der Waals surface area contributed by atoms with E-state index in [1.54, 1.807) is 0 Å². The van der Waals surface area contributed by atoms with Crippen molar-refractivity contribution in [2.75, 3.05) is 13.7 Å². The first-order valence-electron chi connectivity index (χ1n) is 12.1. The third-order valence-electron chi connectivity index (χ3n) is 5.43. The van der Waals surface area contributed by atoms with Gasteiger partial charge in [-0.1, -0.05) is 0 Å². The summed E-state index contributed by atoms with van der Waals surface area (Å²) >= 11 is 0. The van der Waals surface area contributed by atoms with Crippen LogP contribution in [0, 0.1) is 0 Å². The van der Waals surface area contributed by atoms with Crippen molar-refractivity contribution in [1.82, 2.24) is 0 Å². The average Bonchev–Trinajstić information content (AvgIpc) is 2.86. The zero-order chi connectivity index (χ0) is 30.4. The zero-order valence-corrected chi connectivity index (χ0v) is 22.9. The van der Waals surface area contributed by atoms with Crippen LogP contribution in [0.5, 0.6) is 17.2 Å². The van der Waals surface area contributed by atoms with Crippen molar-refractivity contribution in [1.29, 1.82) is 0 Å². The van der Waals surface area contributed by atoms with E-state index in [1.807, 2.05) is 0 Å². The van der Waals surface area contributed by atoms with E-state index in [1.165, 1.54) is 19.2 Å². The number of benzene rings is 1. The monoisotopic (exact) mass is 580 g/mol. The summed E-state index contributed by atoms with van der Waals surface area (Å²) in [5.74, 6) is -4.77. The van der Waals surface area contributed by atoms with Gasteiger partial charge < -0.3 is 42.3 Å². The average molecular weight is 580 g/mol. The van der Waals surface area contributed by atoms with Crippen LogP contribution >= 0.6 is 0 Å². The van der Waals surface area contributed by atoms with Gasteiger partial charge in [0, 0.05) is 46.1 Å². The Hall–Kier alpha value is -4.66. The van der Waals surface area contributed by atoms with Crippen molar-refractivity contribution in [2.45, 2.75) is 65.3 Å². The second-order valence-electron chi connectivity index (χ2n) is 8.69. The first kappa shape index (κ1) is 30.9. The molecule has 15 nitrogen and oxygen atoms in total. The van der Waals surface area contributed by atoms with Crippen LogP contribution in [0.1, 0.15) is 34.6 Å². The first-order valence-corrected chi connectivity index (χ1v) is 12.1. The van der Waals surface area contributed by atoms with Gasteiger partial charge in [0.15, 0.2) is 23.5 Å². The quantitative estimate of drug-likeness (QED) is 0.178. The maximum atomic E-state index is 12.1. The summed E-state index contributed by atoms with van der Waals surface area (Å²) < 4.78 is 49.1. The molecule has 0 spiro atoms. The molecule has 15 heteroatoms. The maximum Gasteiger partial charge on any atom is 0.336 e. The van der Waals surface area contributed by atoms with E-state index in [0.29, 0.717) is 0 Å². The van der Waals surface area contributed by atoms with E-state index < -0.39 is 72.8 Å². The van der Waals surface area contributed by atoms with Gasteiger partial charge in [0.1, 0.15) is 12.7 Å². The summed E-state index contributed by atoms with van der Waals surface area (Å²) in [7, 11) is 1.28. The summed E-state index contributed by atoms with van der Waals surface area (Å²) in [4.78, 5) is 71.9. The Balaban J connectivity index is 2.24. The lowest BCUT2D eigenvalue weighted by atomic mass is 9.98. The Bertz CT molecular complexity index is 1390. The predicted molar refractivity (Wildman–Crippen MR) is 133 cm³/mol. The van der Waals surface area contributed by atoms with Crippen LogP contribution in [0.15, 0.2) is 27.4 Å². The summed E-state index contributed by atoms with van der Waals surface area (Å²) in [6.45, 7) is 4.90. The molecule has 1 aromatic heterocycles. The van der Waals surface area contributed by atoms with Gasteiger partial charge in [0.2, 0.25) is 23.9 Å². The summed E-state index contributed by atoms with van der Waals surface area (Å²) in [5, 5.41) is 0.276. The van der Waals surface area contributed by atoms with Gasteiger partial charge in [-0.15, -0.1) is 0 Å². The molecule has 222 valence electrons. The van der Waals surface area contributed by atoms with Gasteiger partial charge in [-0.25, -0.2) is 4.79 Å². The minimum Gasteiger partial charge on any atom is -0.493 e. The van der Waals surface area contributed by atoms with Crippen molar-refractivity contribution in [3.8, 4) is 17.2 Å². The van der Waals surface area contributed by atoms with Gasteiger partial charge >= 0.3 is 35.5 Å². The number of carbonyl (C=O) groups excluding carboxylic acids is 5. The number of fused-ring (bicyclic) bond motifs is 1. The van der Waals surface area contributed by atoms with E-state index in [9.17, 15) is 28.8 Å². The molecule has 3 rings (SSSR count). The number of hydrogen-bond donors (Lipinski definition) is 0. The van der Waals surface area contributed by atoms with Gasteiger partial charge in [-0.2, -0.15) is 0 Å². The van der Waals surface area contributed by atoms with Gasteiger partial charge in [-0.05, 0) is 12.1 Å². The smallest absolute Gasteiger partial charge is 0.336 e. The largest absolute Gasteiger partial charge is 0.493 e. The highest BCUT2D eigenvalue weighted by molar-refractivity contribution is 5.89. The highest BCUT2D eigenvalue weighted by Crippen LogP contribution is 2.45. The summed E-state index contributed by atoms with van der Waals surface area (Å²) in [5.41, 5.74) is -0.995. The van der Waals surface area contributed by atoms with Crippen LogP contribution in [0.2, 0.25) is 0 Å². The molecule has 1 aliphatic rings. The fourth-order valence-corrected chi connectivity index (χ4v) is 4.04. The Morgan fingerprint density at radius 2 is 1.39 bits per heavy atom. The SMILES string of the molecule is COc1cc2ccc(=O)oc2c(OC2OC(COC(C)=O)C(OC(C)=O)C(OC(C)=O)C2OC(C)=O)c1OC(C)=O. The van der Waals surface area contributed by atoms with Gasteiger partial charge in [0.05, 0.1) is 7.11 Å². The van der Waals surface area contributed by atoms with Crippen LogP contribution < -0.4 is 19.8 Å². The molecule has 0 amide bonds. The number of hydrogen-bond acceptors (Lipinski definition) is 15. The molecule has 1 aromatic carbocycles. The van der Waals surface area contributed by atoms with Crippen molar-refractivity contribution in [3.63, 3.8) is 0 Å². The van der Waals surface area contributed by atoms with Crippen LogP contribution in [0.4, 0.5) is 0 Å². The van der Waals surface area contributed by atoms with Crippen molar-refractivity contribution in [3.05, 3.63) is 28.6 Å². The van der Waals surface area contributed by atoms with E-state index >= 15 is 0 Å². The summed E-state index contributed by atoms with van der Waals surface area (Å²) in [6, 6.07) is 3.93. The third kappa shape index (κ3) is 7.72. The Morgan fingerprint density at radius 3 is 1.95 bits per heavy atom. The molecule has 0 saturated carbocycles. The Labute approximate surface area is 232 Å². The molecule has 2 aromatic rings. The molecular formula is C26H28O15. The Kier molecular flexibility index (Phi) is 9.89. The lowest BCUT2D eigenvalue weighted by molar-refractivity contribution is -0.288. The molecule has 1 saturated heterocycles. The molecule has 5 atom stereocenters. The molecule has 41 heavy (non-hydrogen) atoms. The second-order valence-corrected chi connectivity index (χ2v) is 8.69. The first-order chi connectivity index (χ1) is 19.3. The highest BCUT2D eigenvalue weighted by Gasteiger charge is 2.53. The molecule has 0 bridgehead atoms. The van der Waals surface area contributed by atoms with E-state index in [-0.39, 0.29) is 28.2 Å². The van der Waals surface area contributed by atoms with Crippen LogP contribution in [0.25, 0.3) is 11.0 Å². The van der Waals surface area contributed by atoms with Crippen molar-refractivity contribution in [2.24, 2.45) is 0 Å². The third-order valence-corrected chi connectivity index (χ3v) is 5.43. The Morgan fingerprint density at radius 1 is 0.780 bits per heavy atom. The highest BCUT2D eigenvalue weighted by atomic mass is 16.7. The standard InChI is InChI=1S/C26H28O15/c1-11(27)34-10-18-22(36-13(3)29)24(37-14(4)30)25(38-15(5)31)26(39-18)41-23-20-16(7-8-19(32)40-20)9-17(33-6)21(23)35-12(2)28/h7-9,18,22,24-26H,10H2,1-6H3. The zero-order valence-electron chi connectivity index (χ0n) is 22.9. The van der Waals surface area contributed by atoms with Crippen molar-refractivity contribution >= 4 is 40.8 Å². The predicted octanol–water partition coefficient (Wildman–Crippen LogP) is 1.19. The minimum absolute atomic E-state index is 0.0119. The molecular weight excluding hydrogens is 552 g/mol. The number of methoxy groups -OCH3 is 1. The molecule has 5 unspecified atom stereocenters. The molecule has 0 aliphatic carbocycles.